The fourth-order valence-corrected chi connectivity index (χ4v) is 2.18. The number of hydrogen-bond donors (Lipinski definition) is 2. The highest BCUT2D eigenvalue weighted by Gasteiger charge is 2.20. The number of primary amides is 1. The third-order valence-electron chi connectivity index (χ3n) is 1.68. The van der Waals surface area contributed by atoms with Crippen LogP contribution in [0.15, 0.2) is 10.6 Å². The minimum absolute atomic E-state index is 0.424. The summed E-state index contributed by atoms with van der Waals surface area (Å²) in [7, 11) is 0. The zero-order chi connectivity index (χ0) is 8.43. The van der Waals surface area contributed by atoms with Crippen molar-refractivity contribution in [2.24, 2.45) is 11.7 Å². The van der Waals surface area contributed by atoms with Crippen LogP contribution in [0.5, 0.6) is 0 Å². The maximum atomic E-state index is 10.5. The molecule has 0 saturated carbocycles. The lowest BCUT2D eigenvalue weighted by atomic mass is 10.1. The standard InChI is InChI=1S/C7H12N2OS/c1-4-3-11-5(2)6(4)9-7(8)10/h4H,3H2,1-2H3,(H3,8,9,10). The molecule has 4 heteroatoms. The molecular formula is C7H12N2OS. The second kappa shape index (κ2) is 3.17. The molecule has 0 fully saturated rings. The van der Waals surface area contributed by atoms with Gasteiger partial charge in [-0.1, -0.05) is 6.92 Å². The Balaban J connectivity index is 2.67. The minimum Gasteiger partial charge on any atom is -0.351 e. The quantitative estimate of drug-likeness (QED) is 0.625. The van der Waals surface area contributed by atoms with Gasteiger partial charge in [0.2, 0.25) is 0 Å². The first-order chi connectivity index (χ1) is 5.11. The molecule has 0 saturated heterocycles. The maximum absolute atomic E-state index is 10.5. The normalized spacial score (nSPS) is 24.0. The molecule has 1 atom stereocenters. The van der Waals surface area contributed by atoms with E-state index in [1.807, 2.05) is 6.92 Å². The number of nitrogens with one attached hydrogen (secondary N) is 1. The van der Waals surface area contributed by atoms with Crippen molar-refractivity contribution in [3.63, 3.8) is 0 Å². The van der Waals surface area contributed by atoms with E-state index >= 15 is 0 Å². The van der Waals surface area contributed by atoms with Gasteiger partial charge in [-0.2, -0.15) is 0 Å². The Labute approximate surface area is 70.4 Å². The van der Waals surface area contributed by atoms with E-state index in [2.05, 4.69) is 12.2 Å². The zero-order valence-electron chi connectivity index (χ0n) is 6.68. The van der Waals surface area contributed by atoms with Crippen LogP contribution in [0.2, 0.25) is 0 Å². The molecule has 1 aliphatic heterocycles. The zero-order valence-corrected chi connectivity index (χ0v) is 7.49. The van der Waals surface area contributed by atoms with Crippen LogP contribution in [0, 0.1) is 5.92 Å². The Morgan fingerprint density at radius 2 is 2.45 bits per heavy atom. The lowest BCUT2D eigenvalue weighted by Gasteiger charge is -2.08. The van der Waals surface area contributed by atoms with Gasteiger partial charge in [-0.3, -0.25) is 0 Å². The lowest BCUT2D eigenvalue weighted by molar-refractivity contribution is 0.250. The van der Waals surface area contributed by atoms with E-state index in [0.717, 1.165) is 11.4 Å². The molecule has 1 heterocycles. The van der Waals surface area contributed by atoms with Crippen molar-refractivity contribution in [1.29, 1.82) is 0 Å². The number of allylic oxidation sites excluding steroid dienone is 2. The van der Waals surface area contributed by atoms with Crippen LogP contribution >= 0.6 is 11.8 Å². The van der Waals surface area contributed by atoms with E-state index in [0.29, 0.717) is 5.92 Å². The van der Waals surface area contributed by atoms with Gasteiger partial charge in [-0.15, -0.1) is 11.8 Å². The van der Waals surface area contributed by atoms with E-state index < -0.39 is 6.03 Å². The minimum atomic E-state index is -0.464. The highest BCUT2D eigenvalue weighted by atomic mass is 32.2. The predicted octanol–water partition coefficient (Wildman–Crippen LogP) is 1.27. The summed E-state index contributed by atoms with van der Waals surface area (Å²) < 4.78 is 0. The van der Waals surface area contributed by atoms with Gasteiger partial charge < -0.3 is 11.1 Å². The largest absolute Gasteiger partial charge is 0.351 e. The highest BCUT2D eigenvalue weighted by molar-refractivity contribution is 8.03. The Hall–Kier alpha value is -0.640. The second-order valence-corrected chi connectivity index (χ2v) is 3.91. The number of carbonyl (C=O) groups excluding carboxylic acids is 1. The van der Waals surface area contributed by atoms with Crippen molar-refractivity contribution in [3.05, 3.63) is 10.6 Å². The van der Waals surface area contributed by atoms with Crippen LogP contribution in [0.4, 0.5) is 4.79 Å². The van der Waals surface area contributed by atoms with Gasteiger partial charge in [-0.25, -0.2) is 4.79 Å². The number of amides is 2. The van der Waals surface area contributed by atoms with Crippen molar-refractivity contribution in [2.45, 2.75) is 13.8 Å². The van der Waals surface area contributed by atoms with Crippen LogP contribution in [0.1, 0.15) is 13.8 Å². The third kappa shape index (κ3) is 1.89. The van der Waals surface area contributed by atoms with Crippen molar-refractivity contribution in [1.82, 2.24) is 5.32 Å². The third-order valence-corrected chi connectivity index (χ3v) is 3.00. The summed E-state index contributed by atoms with van der Waals surface area (Å²) in [5.41, 5.74) is 5.99. The predicted molar refractivity (Wildman–Crippen MR) is 47.0 cm³/mol. The molecule has 2 amide bonds. The average Bonchev–Trinajstić information content (AvgIpc) is 2.18. The summed E-state index contributed by atoms with van der Waals surface area (Å²) in [6, 6.07) is -0.464. The first-order valence-electron chi connectivity index (χ1n) is 3.51. The van der Waals surface area contributed by atoms with Crippen LogP contribution in [0.25, 0.3) is 0 Å². The number of hydrogen-bond acceptors (Lipinski definition) is 2. The maximum Gasteiger partial charge on any atom is 0.316 e. The van der Waals surface area contributed by atoms with Crippen LogP contribution in [0.3, 0.4) is 0 Å². The molecule has 11 heavy (non-hydrogen) atoms. The number of rotatable bonds is 1. The Morgan fingerprint density at radius 1 is 1.82 bits per heavy atom. The van der Waals surface area contributed by atoms with Gasteiger partial charge in [0, 0.05) is 22.3 Å². The molecule has 3 nitrogen and oxygen atoms in total. The van der Waals surface area contributed by atoms with Gasteiger partial charge >= 0.3 is 6.03 Å². The van der Waals surface area contributed by atoms with Gasteiger partial charge in [-0.05, 0) is 6.92 Å². The number of urea groups is 1. The fraction of sp³-hybridized carbons (Fsp3) is 0.571. The molecular weight excluding hydrogens is 160 g/mol. The molecule has 0 aromatic heterocycles. The average molecular weight is 172 g/mol. The molecule has 1 unspecified atom stereocenters. The van der Waals surface area contributed by atoms with Crippen molar-refractivity contribution in [2.75, 3.05) is 5.75 Å². The Morgan fingerprint density at radius 3 is 2.82 bits per heavy atom. The molecule has 1 rings (SSSR count). The molecule has 0 spiro atoms. The molecule has 0 aromatic carbocycles. The van der Waals surface area contributed by atoms with E-state index in [1.165, 1.54) is 4.91 Å². The summed E-state index contributed by atoms with van der Waals surface area (Å²) in [5.74, 6) is 1.47. The Kier molecular flexibility index (Phi) is 2.44. The van der Waals surface area contributed by atoms with Crippen molar-refractivity contribution in [3.8, 4) is 0 Å². The molecule has 62 valence electrons. The SMILES string of the molecule is CC1=C(NC(N)=O)C(C)CS1. The summed E-state index contributed by atoms with van der Waals surface area (Å²) in [6.45, 7) is 4.08. The van der Waals surface area contributed by atoms with Crippen LogP contribution < -0.4 is 11.1 Å². The molecule has 1 aliphatic rings. The molecule has 0 aromatic rings. The van der Waals surface area contributed by atoms with Crippen LogP contribution in [-0.4, -0.2) is 11.8 Å². The van der Waals surface area contributed by atoms with Gasteiger partial charge in [0.1, 0.15) is 0 Å². The number of nitrogens with two attached hydrogens (primary N) is 1. The molecule has 0 aliphatic carbocycles. The lowest BCUT2D eigenvalue weighted by Crippen LogP contribution is -2.30. The topological polar surface area (TPSA) is 55.1 Å². The monoisotopic (exact) mass is 172 g/mol. The van der Waals surface area contributed by atoms with Gasteiger partial charge in [0.15, 0.2) is 0 Å². The molecule has 0 bridgehead atoms. The Bertz CT molecular complexity index is 212. The summed E-state index contributed by atoms with van der Waals surface area (Å²) in [4.78, 5) is 11.7. The summed E-state index contributed by atoms with van der Waals surface area (Å²) >= 11 is 1.76. The van der Waals surface area contributed by atoms with E-state index in [9.17, 15) is 4.79 Å². The summed E-state index contributed by atoms with van der Waals surface area (Å²) in [6.07, 6.45) is 0. The number of carbonyl (C=O) groups is 1. The van der Waals surface area contributed by atoms with Gasteiger partial charge in [0.05, 0.1) is 0 Å². The van der Waals surface area contributed by atoms with Crippen LogP contribution in [-0.2, 0) is 0 Å². The van der Waals surface area contributed by atoms with E-state index in [1.54, 1.807) is 11.8 Å². The smallest absolute Gasteiger partial charge is 0.316 e. The second-order valence-electron chi connectivity index (χ2n) is 2.67. The van der Waals surface area contributed by atoms with Crippen molar-refractivity contribution < 1.29 is 4.79 Å². The highest BCUT2D eigenvalue weighted by Crippen LogP contribution is 2.33. The van der Waals surface area contributed by atoms with Gasteiger partial charge in [0.25, 0.3) is 0 Å². The van der Waals surface area contributed by atoms with E-state index in [-0.39, 0.29) is 0 Å². The summed E-state index contributed by atoms with van der Waals surface area (Å²) in [5, 5.41) is 2.64. The fourth-order valence-electron chi connectivity index (χ4n) is 1.10. The molecule has 0 radical (unpaired) electrons. The first kappa shape index (κ1) is 8.46. The first-order valence-corrected chi connectivity index (χ1v) is 4.50. The van der Waals surface area contributed by atoms with Crippen molar-refractivity contribution >= 4 is 17.8 Å². The van der Waals surface area contributed by atoms with E-state index in [4.69, 9.17) is 5.73 Å². The number of thioether (sulfide) groups is 1. The molecule has 3 N–H and O–H groups in total.